The number of benzene rings is 1. The lowest BCUT2D eigenvalue weighted by molar-refractivity contribution is 0.208. The molecule has 2 aliphatic heterocycles. The standard InChI is InChI=1S/C13H17BN4O4S/c1-18-12(16-11(14)19)17-13(7-23(18,20)21)4-5-22-10-3-2-8(15)6-9(10)13/h2-3,6H,4-5,7,14-15H2,1H3,(H,16,17,19)/t13-/m0/s1. The number of anilines is 1. The average Bonchev–Trinajstić information content (AvgIpc) is 2.45. The van der Waals surface area contributed by atoms with Gasteiger partial charge in [-0.2, -0.15) is 4.99 Å². The van der Waals surface area contributed by atoms with Crippen molar-refractivity contribution in [1.82, 2.24) is 9.62 Å². The van der Waals surface area contributed by atoms with E-state index in [-0.39, 0.29) is 11.7 Å². The van der Waals surface area contributed by atoms with E-state index < -0.39 is 21.4 Å². The highest BCUT2D eigenvalue weighted by atomic mass is 32.2. The number of hydrogen-bond acceptors (Lipinski definition) is 5. The van der Waals surface area contributed by atoms with Gasteiger partial charge in [0, 0.05) is 24.7 Å². The quantitative estimate of drug-likeness (QED) is 0.475. The maximum Gasteiger partial charge on any atom is 0.239 e. The van der Waals surface area contributed by atoms with Crippen molar-refractivity contribution >= 4 is 35.3 Å². The molecule has 10 heteroatoms. The monoisotopic (exact) mass is 336 g/mol. The Morgan fingerprint density at radius 2 is 2.26 bits per heavy atom. The van der Waals surface area contributed by atoms with Crippen LogP contribution in [0, 0.1) is 0 Å². The van der Waals surface area contributed by atoms with Crippen LogP contribution in [-0.2, 0) is 15.6 Å². The number of ether oxygens (including phenoxy) is 1. The number of guanidine groups is 1. The van der Waals surface area contributed by atoms with Crippen molar-refractivity contribution < 1.29 is 17.9 Å². The number of aliphatic imine (C=N–C) groups is 1. The van der Waals surface area contributed by atoms with Crippen LogP contribution in [0.2, 0.25) is 0 Å². The Morgan fingerprint density at radius 1 is 1.52 bits per heavy atom. The smallest absolute Gasteiger partial charge is 0.239 e. The summed E-state index contributed by atoms with van der Waals surface area (Å²) >= 11 is 0. The Bertz CT molecular complexity index is 810. The van der Waals surface area contributed by atoms with Gasteiger partial charge in [-0.15, -0.1) is 0 Å². The molecule has 1 amide bonds. The largest absolute Gasteiger partial charge is 0.493 e. The second-order valence-corrected chi connectivity index (χ2v) is 7.74. The zero-order valence-electron chi connectivity index (χ0n) is 12.9. The SMILES string of the molecule is BC(=O)N=C1N[C@@]2(CCOc3ccc(N)cc32)CS(=O)(=O)N1C. The third kappa shape index (κ3) is 2.63. The Labute approximate surface area is 135 Å². The van der Waals surface area contributed by atoms with E-state index in [9.17, 15) is 13.2 Å². The lowest BCUT2D eigenvalue weighted by Gasteiger charge is -2.45. The van der Waals surface area contributed by atoms with Crippen molar-refractivity contribution in [1.29, 1.82) is 0 Å². The molecule has 0 unspecified atom stereocenters. The Hall–Kier alpha value is -2.23. The molecule has 0 aliphatic carbocycles. The third-order valence-electron chi connectivity index (χ3n) is 4.06. The van der Waals surface area contributed by atoms with E-state index in [0.717, 1.165) is 4.31 Å². The zero-order chi connectivity index (χ0) is 16.8. The number of amides is 1. The highest BCUT2D eigenvalue weighted by Gasteiger charge is 2.48. The molecule has 1 aromatic carbocycles. The topological polar surface area (TPSA) is 114 Å². The van der Waals surface area contributed by atoms with Crippen LogP contribution in [-0.4, -0.2) is 51.7 Å². The normalized spacial score (nSPS) is 27.2. The molecule has 8 nitrogen and oxygen atoms in total. The second-order valence-electron chi connectivity index (χ2n) is 5.74. The number of carbonyl (C=O) groups is 1. The van der Waals surface area contributed by atoms with E-state index in [1.54, 1.807) is 18.2 Å². The van der Waals surface area contributed by atoms with Gasteiger partial charge in [0.2, 0.25) is 23.8 Å². The molecule has 3 N–H and O–H groups in total. The summed E-state index contributed by atoms with van der Waals surface area (Å²) in [5, 5.41) is 3.13. The molecule has 1 atom stereocenters. The molecule has 122 valence electrons. The number of rotatable bonds is 0. The molecule has 1 fully saturated rings. The first-order chi connectivity index (χ1) is 10.7. The maximum absolute atomic E-state index is 12.6. The van der Waals surface area contributed by atoms with Gasteiger partial charge < -0.3 is 15.8 Å². The van der Waals surface area contributed by atoms with Crippen LogP contribution in [0.1, 0.15) is 12.0 Å². The van der Waals surface area contributed by atoms with Crippen LogP contribution in [0.3, 0.4) is 0 Å². The van der Waals surface area contributed by atoms with Crippen LogP contribution < -0.4 is 15.8 Å². The van der Waals surface area contributed by atoms with Crippen molar-refractivity contribution in [3.05, 3.63) is 23.8 Å². The molecule has 1 spiro atoms. The van der Waals surface area contributed by atoms with Gasteiger partial charge in [-0.3, -0.25) is 4.79 Å². The summed E-state index contributed by atoms with van der Waals surface area (Å²) in [7, 11) is -0.987. The van der Waals surface area contributed by atoms with Crippen molar-refractivity contribution in [2.45, 2.75) is 12.0 Å². The lowest BCUT2D eigenvalue weighted by atomic mass is 9.85. The molecular weight excluding hydrogens is 319 g/mol. The van der Waals surface area contributed by atoms with Gasteiger partial charge in [0.25, 0.3) is 0 Å². The first-order valence-corrected chi connectivity index (χ1v) is 8.71. The molecule has 0 radical (unpaired) electrons. The molecule has 2 heterocycles. The van der Waals surface area contributed by atoms with E-state index in [1.807, 2.05) is 0 Å². The minimum absolute atomic E-state index is 0.0130. The predicted octanol–water partition coefficient (Wildman–Crippen LogP) is -0.779. The van der Waals surface area contributed by atoms with Crippen LogP contribution in [0.5, 0.6) is 5.75 Å². The van der Waals surface area contributed by atoms with Crippen LogP contribution in [0.4, 0.5) is 10.5 Å². The van der Waals surface area contributed by atoms with Gasteiger partial charge in [-0.25, -0.2) is 12.7 Å². The number of nitrogens with two attached hydrogens (primary N) is 1. The molecule has 0 saturated carbocycles. The fraction of sp³-hybridized carbons (Fsp3) is 0.385. The van der Waals surface area contributed by atoms with Gasteiger partial charge in [0.15, 0.2) is 5.81 Å². The highest BCUT2D eigenvalue weighted by molar-refractivity contribution is 7.89. The number of sulfonamides is 1. The summed E-state index contributed by atoms with van der Waals surface area (Å²) in [4.78, 5) is 15.1. The van der Waals surface area contributed by atoms with Gasteiger partial charge >= 0.3 is 0 Å². The van der Waals surface area contributed by atoms with Crippen LogP contribution in [0.25, 0.3) is 0 Å². The fourth-order valence-electron chi connectivity index (χ4n) is 2.91. The van der Waals surface area contributed by atoms with E-state index in [2.05, 4.69) is 10.3 Å². The third-order valence-corrected chi connectivity index (χ3v) is 5.93. The number of nitrogens with zero attached hydrogens (tertiary/aromatic N) is 2. The summed E-state index contributed by atoms with van der Waals surface area (Å²) in [5.41, 5.74) is 6.12. The van der Waals surface area contributed by atoms with E-state index in [4.69, 9.17) is 10.5 Å². The fourth-order valence-corrected chi connectivity index (χ4v) is 4.45. The summed E-state index contributed by atoms with van der Waals surface area (Å²) < 4.78 is 31.7. The van der Waals surface area contributed by atoms with E-state index >= 15 is 0 Å². The van der Waals surface area contributed by atoms with Crippen molar-refractivity contribution in [3.63, 3.8) is 0 Å². The minimum Gasteiger partial charge on any atom is -0.493 e. The number of nitrogens with one attached hydrogen (secondary N) is 1. The van der Waals surface area contributed by atoms with Gasteiger partial charge in [-0.1, -0.05) is 0 Å². The molecule has 3 rings (SSSR count). The Kier molecular flexibility index (Phi) is 3.51. The molecule has 2 aliphatic rings. The van der Waals surface area contributed by atoms with Gasteiger partial charge in [0.1, 0.15) is 5.75 Å². The number of hydrogen-bond donors (Lipinski definition) is 2. The van der Waals surface area contributed by atoms with Crippen molar-refractivity contribution in [3.8, 4) is 5.75 Å². The number of carbonyl (C=O) groups excluding carboxylic acids is 1. The highest BCUT2D eigenvalue weighted by Crippen LogP contribution is 2.41. The lowest BCUT2D eigenvalue weighted by Crippen LogP contribution is -2.63. The van der Waals surface area contributed by atoms with Crippen molar-refractivity contribution in [2.24, 2.45) is 4.99 Å². The molecule has 1 saturated heterocycles. The summed E-state index contributed by atoms with van der Waals surface area (Å²) in [6.45, 7) is 0.358. The first-order valence-electron chi connectivity index (χ1n) is 7.10. The predicted molar refractivity (Wildman–Crippen MR) is 88.7 cm³/mol. The molecule has 0 aromatic heterocycles. The van der Waals surface area contributed by atoms with Gasteiger partial charge in [0.05, 0.1) is 17.9 Å². The number of nitrogen functional groups attached to an aromatic ring is 1. The Morgan fingerprint density at radius 3 is 2.96 bits per heavy atom. The molecule has 0 bridgehead atoms. The zero-order valence-corrected chi connectivity index (χ0v) is 13.7. The summed E-state index contributed by atoms with van der Waals surface area (Å²) in [5.74, 6) is -0.0434. The second kappa shape index (κ2) is 5.15. The van der Waals surface area contributed by atoms with Crippen LogP contribution >= 0.6 is 0 Å². The molecule has 23 heavy (non-hydrogen) atoms. The summed E-state index contributed by atoms with van der Waals surface area (Å²) in [6.07, 6.45) is 0.424. The van der Waals surface area contributed by atoms with E-state index in [0.29, 0.717) is 30.0 Å². The average molecular weight is 336 g/mol. The first kappa shape index (κ1) is 15.7. The Balaban J connectivity index is 2.17. The minimum atomic E-state index is -3.63. The van der Waals surface area contributed by atoms with Gasteiger partial charge in [-0.05, 0) is 18.2 Å². The van der Waals surface area contributed by atoms with Crippen molar-refractivity contribution in [2.75, 3.05) is 25.1 Å². The molecule has 1 aromatic rings. The maximum atomic E-state index is 12.6. The molecular formula is C13H17BN4O4S. The van der Waals surface area contributed by atoms with E-state index in [1.165, 1.54) is 14.9 Å². The summed E-state index contributed by atoms with van der Waals surface area (Å²) in [6, 6.07) is 5.12. The van der Waals surface area contributed by atoms with Crippen LogP contribution in [0.15, 0.2) is 23.2 Å². The number of fused-ring (bicyclic) bond motifs is 2.